The zero-order valence-corrected chi connectivity index (χ0v) is 14.8. The molecule has 3 heterocycles. The number of carbonyl (C=O) groups is 1. The molecule has 3 aromatic rings. The van der Waals surface area contributed by atoms with Crippen molar-refractivity contribution in [3.05, 3.63) is 51.7 Å². The predicted molar refractivity (Wildman–Crippen MR) is 97.2 cm³/mol. The van der Waals surface area contributed by atoms with Gasteiger partial charge in [-0.3, -0.25) is 4.79 Å². The Morgan fingerprint density at radius 3 is 2.56 bits per heavy atom. The smallest absolute Gasteiger partial charge is 0.324 e. The highest BCUT2D eigenvalue weighted by Crippen LogP contribution is 2.23. The fourth-order valence-corrected chi connectivity index (χ4v) is 3.53. The quantitative estimate of drug-likeness (QED) is 0.703. The van der Waals surface area contributed by atoms with E-state index in [9.17, 15) is 4.79 Å². The van der Waals surface area contributed by atoms with Gasteiger partial charge < -0.3 is 14.3 Å². The third-order valence-electron chi connectivity index (χ3n) is 4.09. The molecule has 1 aliphatic heterocycles. The van der Waals surface area contributed by atoms with Crippen LogP contribution in [0.2, 0.25) is 5.02 Å². The number of hydrogen-bond donors (Lipinski definition) is 0. The van der Waals surface area contributed by atoms with E-state index in [-0.39, 0.29) is 5.91 Å². The zero-order chi connectivity index (χ0) is 17.2. The standard InChI is InChI=1S/C17H15ClN4O2S/c18-13-5-3-12(4-6-13)15-19-17(24-20-15)22-9-7-21(8-10-22)16(23)14-2-1-11-25-14/h1-6,11H,7-10H2. The maximum atomic E-state index is 12.4. The summed E-state index contributed by atoms with van der Waals surface area (Å²) in [7, 11) is 0. The summed E-state index contributed by atoms with van der Waals surface area (Å²) < 4.78 is 5.39. The fourth-order valence-electron chi connectivity index (χ4n) is 2.72. The van der Waals surface area contributed by atoms with E-state index in [0.717, 1.165) is 10.4 Å². The minimum absolute atomic E-state index is 0.0852. The first-order valence-corrected chi connectivity index (χ1v) is 9.14. The second kappa shape index (κ2) is 6.85. The molecule has 4 rings (SSSR count). The molecular weight excluding hydrogens is 360 g/mol. The van der Waals surface area contributed by atoms with Crippen LogP contribution >= 0.6 is 22.9 Å². The molecule has 0 saturated carbocycles. The largest absolute Gasteiger partial charge is 0.334 e. The molecule has 1 amide bonds. The molecule has 1 fully saturated rings. The number of benzene rings is 1. The van der Waals surface area contributed by atoms with Crippen LogP contribution in [0.1, 0.15) is 9.67 Å². The van der Waals surface area contributed by atoms with Crippen LogP contribution in [-0.4, -0.2) is 47.1 Å². The lowest BCUT2D eigenvalue weighted by molar-refractivity contribution is 0.0749. The van der Waals surface area contributed by atoms with Crippen LogP contribution in [0, 0.1) is 0 Å². The van der Waals surface area contributed by atoms with Crippen molar-refractivity contribution in [2.75, 3.05) is 31.1 Å². The number of thiophene rings is 1. The molecule has 0 spiro atoms. The molecule has 25 heavy (non-hydrogen) atoms. The van der Waals surface area contributed by atoms with Gasteiger partial charge in [-0.05, 0) is 35.7 Å². The van der Waals surface area contributed by atoms with Crippen LogP contribution in [0.15, 0.2) is 46.3 Å². The molecule has 1 saturated heterocycles. The average molecular weight is 375 g/mol. The van der Waals surface area contributed by atoms with Gasteiger partial charge in [0.1, 0.15) is 0 Å². The Morgan fingerprint density at radius 1 is 1.12 bits per heavy atom. The number of anilines is 1. The number of rotatable bonds is 3. The van der Waals surface area contributed by atoms with E-state index >= 15 is 0 Å². The lowest BCUT2D eigenvalue weighted by Gasteiger charge is -2.33. The van der Waals surface area contributed by atoms with Gasteiger partial charge >= 0.3 is 6.01 Å². The molecule has 128 valence electrons. The molecule has 0 atom stereocenters. The maximum absolute atomic E-state index is 12.4. The van der Waals surface area contributed by atoms with Crippen LogP contribution in [0.25, 0.3) is 11.4 Å². The average Bonchev–Trinajstić information content (AvgIpc) is 3.34. The maximum Gasteiger partial charge on any atom is 0.324 e. The van der Waals surface area contributed by atoms with Crippen molar-refractivity contribution in [3.8, 4) is 11.4 Å². The van der Waals surface area contributed by atoms with Crippen LogP contribution < -0.4 is 4.90 Å². The van der Waals surface area contributed by atoms with Crippen molar-refractivity contribution in [2.45, 2.75) is 0 Å². The van der Waals surface area contributed by atoms with Gasteiger partial charge in [0.15, 0.2) is 0 Å². The molecule has 0 N–H and O–H groups in total. The molecule has 1 aromatic carbocycles. The van der Waals surface area contributed by atoms with Crippen LogP contribution in [0.5, 0.6) is 0 Å². The van der Waals surface area contributed by atoms with Gasteiger partial charge in [-0.15, -0.1) is 11.3 Å². The second-order valence-electron chi connectivity index (χ2n) is 5.66. The second-order valence-corrected chi connectivity index (χ2v) is 7.05. The van der Waals surface area contributed by atoms with Crippen LogP contribution in [-0.2, 0) is 0 Å². The molecule has 0 unspecified atom stereocenters. The first-order chi connectivity index (χ1) is 12.2. The minimum Gasteiger partial charge on any atom is -0.334 e. The number of piperazine rings is 1. The predicted octanol–water partition coefficient (Wildman–Crippen LogP) is 3.41. The van der Waals surface area contributed by atoms with Gasteiger partial charge in [-0.2, -0.15) is 4.98 Å². The Kier molecular flexibility index (Phi) is 4.42. The Balaban J connectivity index is 1.41. The number of hydrogen-bond acceptors (Lipinski definition) is 6. The van der Waals surface area contributed by atoms with E-state index in [2.05, 4.69) is 10.1 Å². The number of carbonyl (C=O) groups excluding carboxylic acids is 1. The van der Waals surface area contributed by atoms with E-state index in [0.29, 0.717) is 43.0 Å². The molecule has 6 nitrogen and oxygen atoms in total. The fraction of sp³-hybridized carbons (Fsp3) is 0.235. The molecule has 0 aliphatic carbocycles. The normalized spacial score (nSPS) is 14.8. The third-order valence-corrected chi connectivity index (χ3v) is 5.20. The van der Waals surface area contributed by atoms with E-state index in [1.165, 1.54) is 11.3 Å². The lowest BCUT2D eigenvalue weighted by atomic mass is 10.2. The third kappa shape index (κ3) is 3.38. The van der Waals surface area contributed by atoms with Crippen molar-refractivity contribution in [2.24, 2.45) is 0 Å². The Bertz CT molecular complexity index is 855. The summed E-state index contributed by atoms with van der Waals surface area (Å²) in [6, 6.07) is 11.5. The lowest BCUT2D eigenvalue weighted by Crippen LogP contribution is -2.48. The Morgan fingerprint density at radius 2 is 1.88 bits per heavy atom. The molecule has 0 bridgehead atoms. The highest BCUT2D eigenvalue weighted by Gasteiger charge is 2.25. The van der Waals surface area contributed by atoms with Crippen LogP contribution in [0.4, 0.5) is 6.01 Å². The van der Waals surface area contributed by atoms with E-state index in [1.807, 2.05) is 39.4 Å². The van der Waals surface area contributed by atoms with Crippen molar-refractivity contribution in [1.29, 1.82) is 0 Å². The monoisotopic (exact) mass is 374 g/mol. The summed E-state index contributed by atoms with van der Waals surface area (Å²) >= 11 is 7.37. The summed E-state index contributed by atoms with van der Waals surface area (Å²) in [6.45, 7) is 2.60. The van der Waals surface area contributed by atoms with Gasteiger partial charge in [-0.1, -0.05) is 22.8 Å². The van der Waals surface area contributed by atoms with Crippen molar-refractivity contribution in [3.63, 3.8) is 0 Å². The summed E-state index contributed by atoms with van der Waals surface area (Å²) in [4.78, 5) is 21.5. The van der Waals surface area contributed by atoms with Gasteiger partial charge in [0.25, 0.3) is 5.91 Å². The zero-order valence-electron chi connectivity index (χ0n) is 13.3. The highest BCUT2D eigenvalue weighted by molar-refractivity contribution is 7.12. The molecule has 2 aromatic heterocycles. The summed E-state index contributed by atoms with van der Waals surface area (Å²) in [5.41, 5.74) is 0.853. The topological polar surface area (TPSA) is 62.5 Å². The Labute approximate surface area is 153 Å². The van der Waals surface area contributed by atoms with Crippen molar-refractivity contribution in [1.82, 2.24) is 15.0 Å². The molecule has 1 aliphatic rings. The molecule has 8 heteroatoms. The molecular formula is C17H15ClN4O2S. The number of aromatic nitrogens is 2. The molecule has 0 radical (unpaired) electrons. The van der Waals surface area contributed by atoms with Crippen molar-refractivity contribution >= 4 is 34.9 Å². The van der Waals surface area contributed by atoms with Gasteiger partial charge in [-0.25, -0.2) is 0 Å². The van der Waals surface area contributed by atoms with E-state index in [4.69, 9.17) is 16.1 Å². The van der Waals surface area contributed by atoms with E-state index < -0.39 is 0 Å². The van der Waals surface area contributed by atoms with E-state index in [1.54, 1.807) is 12.1 Å². The van der Waals surface area contributed by atoms with Gasteiger partial charge in [0.2, 0.25) is 5.82 Å². The highest BCUT2D eigenvalue weighted by atomic mass is 35.5. The minimum atomic E-state index is 0.0852. The number of amides is 1. The van der Waals surface area contributed by atoms with Gasteiger partial charge in [0, 0.05) is 36.8 Å². The first-order valence-electron chi connectivity index (χ1n) is 7.88. The summed E-state index contributed by atoms with van der Waals surface area (Å²) in [6.07, 6.45) is 0. The Hall–Kier alpha value is -2.38. The van der Waals surface area contributed by atoms with Crippen molar-refractivity contribution < 1.29 is 9.32 Å². The number of halogens is 1. The number of nitrogens with zero attached hydrogens (tertiary/aromatic N) is 4. The summed E-state index contributed by atoms with van der Waals surface area (Å²) in [5, 5.41) is 6.62. The first kappa shape index (κ1) is 16.1. The van der Waals surface area contributed by atoms with Gasteiger partial charge in [0.05, 0.1) is 4.88 Å². The van der Waals surface area contributed by atoms with Crippen LogP contribution in [0.3, 0.4) is 0 Å². The SMILES string of the molecule is O=C(c1cccs1)N1CCN(c2nc(-c3ccc(Cl)cc3)no2)CC1. The summed E-state index contributed by atoms with van der Waals surface area (Å²) in [5.74, 6) is 0.616.